The second kappa shape index (κ2) is 9.10. The standard InChI is InChI=1S/C24H24N2O5S/c1-16-14-17(20-6-2-4-8-22(20)25-16)15-31-18-10-12-19(13-11-18)32(29,30)26-23-9-5-3-7-21(23)24(27)28/h2-6,8,10-14,21,23,26H,7,9,15H2,1H3,(H,27,28)/t21-,23+/m0/s1. The number of carboxylic acid groups (broad SMARTS) is 1. The van der Waals surface area contributed by atoms with Gasteiger partial charge in [0.25, 0.3) is 0 Å². The summed E-state index contributed by atoms with van der Waals surface area (Å²) in [6, 6.07) is 15.2. The van der Waals surface area contributed by atoms with Gasteiger partial charge in [-0.2, -0.15) is 0 Å². The lowest BCUT2D eigenvalue weighted by Crippen LogP contribution is -2.43. The van der Waals surface area contributed by atoms with Crippen LogP contribution >= 0.6 is 0 Å². The first kappa shape index (κ1) is 22.0. The second-order valence-corrected chi connectivity index (χ2v) is 9.53. The number of carboxylic acids is 1. The molecule has 1 aliphatic rings. The molecule has 4 rings (SSSR count). The maximum atomic E-state index is 12.8. The number of aromatic nitrogens is 1. The molecule has 8 heteroatoms. The molecule has 2 N–H and O–H groups in total. The lowest BCUT2D eigenvalue weighted by atomic mass is 9.90. The zero-order valence-electron chi connectivity index (χ0n) is 17.6. The first-order valence-corrected chi connectivity index (χ1v) is 11.8. The fourth-order valence-electron chi connectivity index (χ4n) is 3.88. The van der Waals surface area contributed by atoms with E-state index in [1.165, 1.54) is 12.1 Å². The van der Waals surface area contributed by atoms with Crippen LogP contribution in [0.3, 0.4) is 0 Å². The number of hydrogen-bond donors (Lipinski definition) is 2. The Morgan fingerprint density at radius 3 is 2.59 bits per heavy atom. The smallest absolute Gasteiger partial charge is 0.308 e. The molecule has 7 nitrogen and oxygen atoms in total. The fraction of sp³-hybridized carbons (Fsp3) is 0.250. The summed E-state index contributed by atoms with van der Waals surface area (Å²) in [5, 5.41) is 10.4. The highest BCUT2D eigenvalue weighted by atomic mass is 32.2. The van der Waals surface area contributed by atoms with Crippen LogP contribution in [0, 0.1) is 12.8 Å². The number of benzene rings is 2. The molecule has 3 aromatic rings. The number of aryl methyl sites for hydroxylation is 1. The van der Waals surface area contributed by atoms with E-state index in [0.717, 1.165) is 22.2 Å². The van der Waals surface area contributed by atoms with E-state index in [1.807, 2.05) is 37.3 Å². The van der Waals surface area contributed by atoms with Crippen molar-refractivity contribution in [1.29, 1.82) is 0 Å². The van der Waals surface area contributed by atoms with Crippen molar-refractivity contribution in [3.63, 3.8) is 0 Å². The van der Waals surface area contributed by atoms with E-state index < -0.39 is 28.0 Å². The van der Waals surface area contributed by atoms with E-state index in [9.17, 15) is 18.3 Å². The van der Waals surface area contributed by atoms with Crippen molar-refractivity contribution >= 4 is 26.9 Å². The van der Waals surface area contributed by atoms with Crippen molar-refractivity contribution in [2.24, 2.45) is 5.92 Å². The van der Waals surface area contributed by atoms with Crippen LogP contribution in [0.5, 0.6) is 5.75 Å². The second-order valence-electron chi connectivity index (χ2n) is 7.82. The van der Waals surface area contributed by atoms with Gasteiger partial charge in [-0.05, 0) is 56.2 Å². The summed E-state index contributed by atoms with van der Waals surface area (Å²) >= 11 is 0. The molecule has 0 aliphatic heterocycles. The van der Waals surface area contributed by atoms with Gasteiger partial charge in [-0.1, -0.05) is 30.4 Å². The Morgan fingerprint density at radius 2 is 1.84 bits per heavy atom. The number of rotatable bonds is 7. The van der Waals surface area contributed by atoms with Crippen molar-refractivity contribution < 1.29 is 23.1 Å². The van der Waals surface area contributed by atoms with Crippen LogP contribution in [0.15, 0.2) is 71.6 Å². The van der Waals surface area contributed by atoms with Crippen LogP contribution < -0.4 is 9.46 Å². The van der Waals surface area contributed by atoms with Gasteiger partial charge in [0.05, 0.1) is 16.3 Å². The Morgan fingerprint density at radius 1 is 1.12 bits per heavy atom. The highest BCUT2D eigenvalue weighted by Gasteiger charge is 2.32. The van der Waals surface area contributed by atoms with Gasteiger partial charge in [0.15, 0.2) is 0 Å². The number of ether oxygens (including phenoxy) is 1. The van der Waals surface area contributed by atoms with E-state index in [1.54, 1.807) is 24.3 Å². The Balaban J connectivity index is 1.46. The summed E-state index contributed by atoms with van der Waals surface area (Å²) in [4.78, 5) is 16.0. The molecular formula is C24H24N2O5S. The molecule has 0 saturated heterocycles. The summed E-state index contributed by atoms with van der Waals surface area (Å²) in [6.07, 6.45) is 4.21. The molecule has 0 bridgehead atoms. The molecule has 1 aliphatic carbocycles. The predicted octanol–water partition coefficient (Wildman–Crippen LogP) is 3.82. The van der Waals surface area contributed by atoms with Gasteiger partial charge in [-0.25, -0.2) is 13.1 Å². The van der Waals surface area contributed by atoms with E-state index in [4.69, 9.17) is 4.74 Å². The minimum absolute atomic E-state index is 0.0637. The van der Waals surface area contributed by atoms with Crippen LogP contribution in [0.25, 0.3) is 10.9 Å². The van der Waals surface area contributed by atoms with E-state index in [2.05, 4.69) is 9.71 Å². The monoisotopic (exact) mass is 452 g/mol. The lowest BCUT2D eigenvalue weighted by molar-refractivity contribution is -0.142. The summed E-state index contributed by atoms with van der Waals surface area (Å²) < 4.78 is 34.0. The van der Waals surface area contributed by atoms with Crippen molar-refractivity contribution in [3.05, 3.63) is 78.0 Å². The molecular weight excluding hydrogens is 428 g/mol. The maximum Gasteiger partial charge on any atom is 0.308 e. The third kappa shape index (κ3) is 4.81. The SMILES string of the molecule is Cc1cc(COc2ccc(S(=O)(=O)N[C@@H]3CC=CC[C@@H]3C(=O)O)cc2)c2ccccc2n1. The topological polar surface area (TPSA) is 106 Å². The molecule has 2 atom stereocenters. The molecule has 0 radical (unpaired) electrons. The van der Waals surface area contributed by atoms with Gasteiger partial charge >= 0.3 is 5.97 Å². The van der Waals surface area contributed by atoms with E-state index in [0.29, 0.717) is 25.2 Å². The van der Waals surface area contributed by atoms with Crippen LogP contribution in [0.1, 0.15) is 24.1 Å². The van der Waals surface area contributed by atoms with Gasteiger partial charge in [0.1, 0.15) is 12.4 Å². The van der Waals surface area contributed by atoms with Gasteiger partial charge < -0.3 is 9.84 Å². The number of aliphatic carboxylic acids is 1. The molecule has 0 unspecified atom stereocenters. The number of nitrogens with zero attached hydrogens (tertiary/aromatic N) is 1. The lowest BCUT2D eigenvalue weighted by Gasteiger charge is -2.25. The molecule has 2 aromatic carbocycles. The number of hydrogen-bond acceptors (Lipinski definition) is 5. The zero-order valence-corrected chi connectivity index (χ0v) is 18.4. The summed E-state index contributed by atoms with van der Waals surface area (Å²) in [5.74, 6) is -1.26. The van der Waals surface area contributed by atoms with Gasteiger partial charge in [-0.15, -0.1) is 0 Å². The van der Waals surface area contributed by atoms with Crippen LogP contribution in [0.2, 0.25) is 0 Å². The zero-order chi connectivity index (χ0) is 22.7. The van der Waals surface area contributed by atoms with Gasteiger partial charge in [0.2, 0.25) is 10.0 Å². The van der Waals surface area contributed by atoms with Crippen molar-refractivity contribution in [2.75, 3.05) is 0 Å². The number of sulfonamides is 1. The number of nitrogens with one attached hydrogen (secondary N) is 1. The molecule has 0 spiro atoms. The Kier molecular flexibility index (Phi) is 6.25. The van der Waals surface area contributed by atoms with Crippen molar-refractivity contribution in [3.8, 4) is 5.75 Å². The van der Waals surface area contributed by atoms with E-state index >= 15 is 0 Å². The highest BCUT2D eigenvalue weighted by molar-refractivity contribution is 7.89. The Hall–Kier alpha value is -3.23. The maximum absolute atomic E-state index is 12.8. The molecule has 0 amide bonds. The number of carbonyl (C=O) groups is 1. The fourth-order valence-corrected chi connectivity index (χ4v) is 5.16. The Labute approximate surface area is 186 Å². The average Bonchev–Trinajstić information content (AvgIpc) is 2.77. The summed E-state index contributed by atoms with van der Waals surface area (Å²) in [7, 11) is -3.86. The molecule has 1 heterocycles. The van der Waals surface area contributed by atoms with Crippen LogP contribution in [0.4, 0.5) is 0 Å². The number of pyridine rings is 1. The molecule has 166 valence electrons. The van der Waals surface area contributed by atoms with E-state index in [-0.39, 0.29) is 4.90 Å². The third-order valence-electron chi connectivity index (χ3n) is 5.51. The molecule has 32 heavy (non-hydrogen) atoms. The number of allylic oxidation sites excluding steroid dienone is 1. The minimum Gasteiger partial charge on any atom is -0.489 e. The molecule has 0 fully saturated rings. The minimum atomic E-state index is -3.86. The normalized spacial score (nSPS) is 18.5. The number of fused-ring (bicyclic) bond motifs is 1. The van der Waals surface area contributed by atoms with Crippen LogP contribution in [-0.2, 0) is 21.4 Å². The number of para-hydroxylation sites is 1. The summed E-state index contributed by atoms with van der Waals surface area (Å²) in [6.45, 7) is 2.25. The molecule has 1 aromatic heterocycles. The molecule has 0 saturated carbocycles. The third-order valence-corrected chi connectivity index (χ3v) is 7.02. The largest absolute Gasteiger partial charge is 0.489 e. The van der Waals surface area contributed by atoms with Gasteiger partial charge in [-0.3, -0.25) is 9.78 Å². The predicted molar refractivity (Wildman–Crippen MR) is 121 cm³/mol. The van der Waals surface area contributed by atoms with Gasteiger partial charge in [0, 0.05) is 22.7 Å². The first-order chi connectivity index (χ1) is 15.3. The van der Waals surface area contributed by atoms with Crippen LogP contribution in [-0.4, -0.2) is 30.5 Å². The highest BCUT2D eigenvalue weighted by Crippen LogP contribution is 2.24. The Bertz CT molecular complexity index is 1270. The quantitative estimate of drug-likeness (QED) is 0.528. The summed E-state index contributed by atoms with van der Waals surface area (Å²) in [5.41, 5.74) is 2.79. The van der Waals surface area contributed by atoms with Crippen molar-refractivity contribution in [2.45, 2.75) is 37.3 Å². The first-order valence-electron chi connectivity index (χ1n) is 10.3. The van der Waals surface area contributed by atoms with Crippen molar-refractivity contribution in [1.82, 2.24) is 9.71 Å². The average molecular weight is 453 g/mol.